The van der Waals surface area contributed by atoms with Crippen molar-refractivity contribution in [2.24, 2.45) is 0 Å². The highest BCUT2D eigenvalue weighted by atomic mass is 16.8. The minimum Gasteiger partial charge on any atom is -0.454 e. The molecule has 6 heteroatoms. The molecule has 2 aromatic rings. The molecule has 0 aliphatic heterocycles. The number of carbonyl (C=O) groups is 1. The van der Waals surface area contributed by atoms with E-state index < -0.39 is 18.0 Å². The van der Waals surface area contributed by atoms with Crippen molar-refractivity contribution in [3.05, 3.63) is 30.0 Å². The largest absolute Gasteiger partial charge is 0.511 e. The number of nitrogens with one attached hydrogen (secondary N) is 1. The van der Waals surface area contributed by atoms with Gasteiger partial charge in [0.1, 0.15) is 11.4 Å². The SMILES string of the molecule is CC(OC(=O)OC(C)(C)C)Oc1cccc2[nH]cc(CCN(C)C)c12. The van der Waals surface area contributed by atoms with E-state index in [1.54, 1.807) is 27.7 Å². The Kier molecular flexibility index (Phi) is 5.95. The molecule has 25 heavy (non-hydrogen) atoms. The second-order valence-electron chi connectivity index (χ2n) is 7.31. The maximum Gasteiger partial charge on any atom is 0.511 e. The average molecular weight is 348 g/mol. The van der Waals surface area contributed by atoms with Gasteiger partial charge in [-0.25, -0.2) is 4.79 Å². The summed E-state index contributed by atoms with van der Waals surface area (Å²) in [4.78, 5) is 17.2. The molecule has 1 aromatic carbocycles. The quantitative estimate of drug-likeness (QED) is 0.632. The number of hydrogen-bond donors (Lipinski definition) is 1. The number of aromatic nitrogens is 1. The van der Waals surface area contributed by atoms with Gasteiger partial charge in [0.25, 0.3) is 0 Å². The monoisotopic (exact) mass is 348 g/mol. The van der Waals surface area contributed by atoms with E-state index in [1.165, 1.54) is 5.56 Å². The number of ether oxygens (including phenoxy) is 3. The molecule has 1 unspecified atom stereocenters. The maximum absolute atomic E-state index is 11.8. The number of hydrogen-bond acceptors (Lipinski definition) is 5. The lowest BCUT2D eigenvalue weighted by atomic mass is 10.1. The van der Waals surface area contributed by atoms with Crippen molar-refractivity contribution in [1.29, 1.82) is 0 Å². The third kappa shape index (κ3) is 5.67. The molecule has 0 spiro atoms. The predicted octanol–water partition coefficient (Wildman–Crippen LogP) is 3.95. The van der Waals surface area contributed by atoms with Crippen molar-refractivity contribution in [1.82, 2.24) is 9.88 Å². The van der Waals surface area contributed by atoms with Gasteiger partial charge < -0.3 is 24.1 Å². The molecule has 0 radical (unpaired) electrons. The minimum absolute atomic E-state index is 0.600. The lowest BCUT2D eigenvalue weighted by Gasteiger charge is -2.21. The number of likely N-dealkylation sites (N-methyl/N-ethyl adjacent to an activating group) is 1. The van der Waals surface area contributed by atoms with Gasteiger partial charge in [0.05, 0.1) is 0 Å². The van der Waals surface area contributed by atoms with Crippen LogP contribution in [0.15, 0.2) is 24.4 Å². The Morgan fingerprint density at radius 3 is 2.64 bits per heavy atom. The number of benzene rings is 1. The van der Waals surface area contributed by atoms with Gasteiger partial charge in [0.15, 0.2) is 0 Å². The number of nitrogens with zero attached hydrogens (tertiary/aromatic N) is 1. The van der Waals surface area contributed by atoms with Gasteiger partial charge in [0.2, 0.25) is 6.29 Å². The van der Waals surface area contributed by atoms with Crippen molar-refractivity contribution >= 4 is 17.1 Å². The number of rotatable bonds is 6. The first-order valence-corrected chi connectivity index (χ1v) is 8.45. The fourth-order valence-corrected chi connectivity index (χ4v) is 2.47. The fraction of sp³-hybridized carbons (Fsp3) is 0.526. The molecule has 6 nitrogen and oxygen atoms in total. The molecule has 138 valence electrons. The van der Waals surface area contributed by atoms with Gasteiger partial charge in [-0.2, -0.15) is 0 Å². The molecule has 0 saturated carbocycles. The van der Waals surface area contributed by atoms with Crippen molar-refractivity contribution in [3.8, 4) is 5.75 Å². The zero-order valence-corrected chi connectivity index (χ0v) is 15.9. The van der Waals surface area contributed by atoms with Crippen molar-refractivity contribution in [2.45, 2.75) is 46.0 Å². The Morgan fingerprint density at radius 1 is 1.28 bits per heavy atom. The average Bonchev–Trinajstić information content (AvgIpc) is 2.87. The Balaban J connectivity index is 2.12. The van der Waals surface area contributed by atoms with Gasteiger partial charge in [-0.05, 0) is 59.0 Å². The van der Waals surface area contributed by atoms with Crippen molar-refractivity contribution < 1.29 is 19.0 Å². The van der Waals surface area contributed by atoms with Crippen LogP contribution in [0.3, 0.4) is 0 Å². The molecule has 0 saturated heterocycles. The topological polar surface area (TPSA) is 63.8 Å². The van der Waals surface area contributed by atoms with Gasteiger partial charge >= 0.3 is 6.16 Å². The summed E-state index contributed by atoms with van der Waals surface area (Å²) >= 11 is 0. The highest BCUT2D eigenvalue weighted by molar-refractivity contribution is 5.89. The molecule has 1 N–H and O–H groups in total. The molecule has 1 heterocycles. The standard InChI is InChI=1S/C19H28N2O4/c1-13(24-18(22)25-19(2,3)4)23-16-9-7-8-15-17(16)14(12-20-15)10-11-21(5)6/h7-9,12-13,20H,10-11H2,1-6H3. The fourth-order valence-electron chi connectivity index (χ4n) is 2.47. The van der Waals surface area contributed by atoms with E-state index in [1.807, 2.05) is 38.5 Å². The lowest BCUT2D eigenvalue weighted by Crippen LogP contribution is -2.28. The van der Waals surface area contributed by atoms with Crippen LogP contribution < -0.4 is 4.74 Å². The van der Waals surface area contributed by atoms with Crippen LogP contribution in [-0.2, 0) is 15.9 Å². The second kappa shape index (κ2) is 7.78. The van der Waals surface area contributed by atoms with Crippen LogP contribution in [0.1, 0.15) is 33.3 Å². The molecule has 0 fully saturated rings. The van der Waals surface area contributed by atoms with Gasteiger partial charge in [-0.15, -0.1) is 0 Å². The van der Waals surface area contributed by atoms with Crippen LogP contribution in [0.5, 0.6) is 5.75 Å². The van der Waals surface area contributed by atoms with E-state index in [9.17, 15) is 4.79 Å². The molecule has 0 aliphatic carbocycles. The Bertz CT molecular complexity index is 716. The molecular formula is C19H28N2O4. The summed E-state index contributed by atoms with van der Waals surface area (Å²) in [7, 11) is 4.09. The molecule has 1 atom stereocenters. The van der Waals surface area contributed by atoms with E-state index in [4.69, 9.17) is 14.2 Å². The van der Waals surface area contributed by atoms with Gasteiger partial charge in [-0.1, -0.05) is 6.07 Å². The number of aromatic amines is 1. The van der Waals surface area contributed by atoms with Crippen molar-refractivity contribution in [3.63, 3.8) is 0 Å². The van der Waals surface area contributed by atoms with E-state index in [-0.39, 0.29) is 0 Å². The molecule has 1 aromatic heterocycles. The van der Waals surface area contributed by atoms with E-state index in [2.05, 4.69) is 9.88 Å². The summed E-state index contributed by atoms with van der Waals surface area (Å²) in [6.45, 7) is 7.98. The third-order valence-corrected chi connectivity index (χ3v) is 3.52. The number of H-pyrrole nitrogens is 1. The predicted molar refractivity (Wildman–Crippen MR) is 98.0 cm³/mol. The Morgan fingerprint density at radius 2 is 2.00 bits per heavy atom. The Labute approximate surface area is 149 Å². The van der Waals surface area contributed by atoms with Crippen LogP contribution in [-0.4, -0.2) is 48.6 Å². The zero-order valence-electron chi connectivity index (χ0n) is 15.9. The van der Waals surface area contributed by atoms with Gasteiger partial charge in [0, 0.05) is 30.6 Å². The van der Waals surface area contributed by atoms with Crippen LogP contribution in [0.4, 0.5) is 4.79 Å². The first kappa shape index (κ1) is 19.1. The summed E-state index contributed by atoms with van der Waals surface area (Å²) in [5, 5.41) is 1.02. The first-order chi connectivity index (χ1) is 11.7. The molecule has 0 amide bonds. The van der Waals surface area contributed by atoms with E-state index in [0.29, 0.717) is 5.75 Å². The number of fused-ring (bicyclic) bond motifs is 1. The van der Waals surface area contributed by atoms with E-state index >= 15 is 0 Å². The molecular weight excluding hydrogens is 320 g/mol. The van der Waals surface area contributed by atoms with Crippen LogP contribution in [0, 0.1) is 0 Å². The first-order valence-electron chi connectivity index (χ1n) is 8.45. The maximum atomic E-state index is 11.8. The van der Waals surface area contributed by atoms with Gasteiger partial charge in [-0.3, -0.25) is 0 Å². The minimum atomic E-state index is -0.753. The van der Waals surface area contributed by atoms with Crippen LogP contribution in [0.25, 0.3) is 10.9 Å². The highest BCUT2D eigenvalue weighted by Crippen LogP contribution is 2.30. The zero-order chi connectivity index (χ0) is 18.6. The molecule has 2 rings (SSSR count). The smallest absolute Gasteiger partial charge is 0.454 e. The van der Waals surface area contributed by atoms with E-state index in [0.717, 1.165) is 23.9 Å². The molecule has 0 bridgehead atoms. The molecule has 0 aliphatic rings. The van der Waals surface area contributed by atoms with Crippen LogP contribution in [0.2, 0.25) is 0 Å². The van der Waals surface area contributed by atoms with Crippen LogP contribution >= 0.6 is 0 Å². The Hall–Kier alpha value is -2.21. The summed E-state index contributed by atoms with van der Waals surface area (Å²) in [5.74, 6) is 0.684. The summed E-state index contributed by atoms with van der Waals surface area (Å²) in [5.41, 5.74) is 1.57. The normalized spacial score (nSPS) is 13.1. The summed E-state index contributed by atoms with van der Waals surface area (Å²) in [6.07, 6.45) is 1.40. The summed E-state index contributed by atoms with van der Waals surface area (Å²) < 4.78 is 16.2. The second-order valence-corrected chi connectivity index (χ2v) is 7.31. The van der Waals surface area contributed by atoms with Crippen molar-refractivity contribution in [2.75, 3.05) is 20.6 Å². The third-order valence-electron chi connectivity index (χ3n) is 3.52. The summed E-state index contributed by atoms with van der Waals surface area (Å²) in [6, 6.07) is 5.79. The lowest BCUT2D eigenvalue weighted by molar-refractivity contribution is -0.0766. The number of carbonyl (C=O) groups excluding carboxylic acids is 1. The highest BCUT2D eigenvalue weighted by Gasteiger charge is 2.21.